The van der Waals surface area contributed by atoms with E-state index in [1.54, 1.807) is 11.3 Å². The van der Waals surface area contributed by atoms with Crippen molar-refractivity contribution < 1.29 is 4.79 Å². The van der Waals surface area contributed by atoms with Gasteiger partial charge in [-0.1, -0.05) is 35.9 Å². The molecule has 5 rings (SSSR count). The van der Waals surface area contributed by atoms with Crippen LogP contribution in [-0.4, -0.2) is 35.8 Å². The lowest BCUT2D eigenvalue weighted by atomic mass is 9.89. The first-order valence-corrected chi connectivity index (χ1v) is 11.4. The number of aromatic nitrogens is 1. The number of piperidine rings is 1. The van der Waals surface area contributed by atoms with E-state index >= 15 is 0 Å². The van der Waals surface area contributed by atoms with Crippen LogP contribution >= 0.6 is 22.9 Å². The van der Waals surface area contributed by atoms with Gasteiger partial charge in [0.05, 0.1) is 20.9 Å². The van der Waals surface area contributed by atoms with Crippen LogP contribution in [0.4, 0.5) is 11.5 Å². The number of carbonyl (C=O) groups excluding carboxylic acids is 1. The van der Waals surface area contributed by atoms with Gasteiger partial charge in [-0.05, 0) is 56.1 Å². The van der Waals surface area contributed by atoms with Gasteiger partial charge in [0.1, 0.15) is 5.82 Å². The lowest BCUT2D eigenvalue weighted by Crippen LogP contribution is -2.36. The highest BCUT2D eigenvalue weighted by Gasteiger charge is 2.27. The van der Waals surface area contributed by atoms with Crippen LogP contribution in [0.3, 0.4) is 0 Å². The van der Waals surface area contributed by atoms with Crippen molar-refractivity contribution in [1.29, 1.82) is 0 Å². The number of para-hydroxylation sites is 2. The summed E-state index contributed by atoms with van der Waals surface area (Å²) in [6, 6.07) is 15.7. The Morgan fingerprint density at radius 2 is 2.03 bits per heavy atom. The number of nitrogens with zero attached hydrogens (tertiary/aromatic N) is 2. The topological polar surface area (TPSA) is 45.2 Å². The summed E-state index contributed by atoms with van der Waals surface area (Å²) in [5, 5.41) is 8.22. The van der Waals surface area contributed by atoms with E-state index in [1.807, 2.05) is 36.4 Å². The SMILES string of the molecule is CN1CCCC(C(=O)c2cccc3c2nc(Nc2ccccc2Cl)c2sccc23)C1. The van der Waals surface area contributed by atoms with E-state index in [2.05, 4.69) is 34.8 Å². The normalized spacial score (nSPS) is 17.5. The first-order valence-electron chi connectivity index (χ1n) is 10.2. The maximum absolute atomic E-state index is 13.5. The van der Waals surface area contributed by atoms with Crippen molar-refractivity contribution in [3.05, 3.63) is 64.5 Å². The second-order valence-corrected chi connectivity index (χ2v) is 9.22. The van der Waals surface area contributed by atoms with Gasteiger partial charge >= 0.3 is 0 Å². The zero-order chi connectivity index (χ0) is 20.7. The lowest BCUT2D eigenvalue weighted by Gasteiger charge is -2.28. The maximum atomic E-state index is 13.5. The Balaban J connectivity index is 1.65. The summed E-state index contributed by atoms with van der Waals surface area (Å²) in [5.74, 6) is 0.953. The Labute approximate surface area is 184 Å². The Morgan fingerprint density at radius 3 is 2.87 bits per heavy atom. The quantitative estimate of drug-likeness (QED) is 0.378. The summed E-state index contributed by atoms with van der Waals surface area (Å²) < 4.78 is 1.06. The van der Waals surface area contributed by atoms with Crippen molar-refractivity contribution >= 4 is 61.2 Å². The van der Waals surface area contributed by atoms with Gasteiger partial charge in [0.25, 0.3) is 0 Å². The molecule has 1 atom stereocenters. The molecule has 1 N–H and O–H groups in total. The van der Waals surface area contributed by atoms with Crippen LogP contribution in [0.2, 0.25) is 5.02 Å². The molecule has 0 amide bonds. The molecule has 4 nitrogen and oxygen atoms in total. The molecule has 1 saturated heterocycles. The van der Waals surface area contributed by atoms with Gasteiger partial charge in [0, 0.05) is 28.8 Å². The molecule has 3 heterocycles. The van der Waals surface area contributed by atoms with E-state index in [9.17, 15) is 4.79 Å². The number of carbonyl (C=O) groups is 1. The van der Waals surface area contributed by atoms with Gasteiger partial charge in [-0.15, -0.1) is 11.3 Å². The number of likely N-dealkylation sites (tertiary alicyclic amines) is 1. The zero-order valence-electron chi connectivity index (χ0n) is 16.7. The molecule has 2 aromatic heterocycles. The highest BCUT2D eigenvalue weighted by molar-refractivity contribution is 7.18. The average Bonchev–Trinajstić information content (AvgIpc) is 3.25. The van der Waals surface area contributed by atoms with Crippen LogP contribution < -0.4 is 5.32 Å². The minimum atomic E-state index is 0.0225. The molecule has 1 fully saturated rings. The summed E-state index contributed by atoms with van der Waals surface area (Å²) in [5.41, 5.74) is 2.28. The molecule has 1 aliphatic rings. The molecule has 152 valence electrons. The predicted octanol–water partition coefficient (Wildman–Crippen LogP) is 6.37. The number of benzene rings is 2. The Hall–Kier alpha value is -2.47. The van der Waals surface area contributed by atoms with Gasteiger partial charge in [0.15, 0.2) is 5.78 Å². The number of pyridine rings is 1. The number of rotatable bonds is 4. The van der Waals surface area contributed by atoms with Crippen molar-refractivity contribution in [2.75, 3.05) is 25.5 Å². The summed E-state index contributed by atoms with van der Waals surface area (Å²) >= 11 is 8.01. The molecule has 4 aromatic rings. The molecular formula is C24H22ClN3OS. The van der Waals surface area contributed by atoms with E-state index in [0.717, 1.165) is 58.4 Å². The van der Waals surface area contributed by atoms with Crippen LogP contribution in [0.15, 0.2) is 53.9 Å². The summed E-state index contributed by atoms with van der Waals surface area (Å²) in [4.78, 5) is 20.6. The average molecular weight is 436 g/mol. The van der Waals surface area contributed by atoms with Crippen LogP contribution in [0.25, 0.3) is 21.0 Å². The molecule has 0 saturated carbocycles. The van der Waals surface area contributed by atoms with Crippen LogP contribution in [-0.2, 0) is 0 Å². The Bertz CT molecular complexity index is 1250. The van der Waals surface area contributed by atoms with Crippen molar-refractivity contribution in [3.8, 4) is 0 Å². The van der Waals surface area contributed by atoms with Gasteiger partial charge in [-0.3, -0.25) is 4.79 Å². The fourth-order valence-corrected chi connectivity index (χ4v) is 5.36. The second-order valence-electron chi connectivity index (χ2n) is 7.90. The van der Waals surface area contributed by atoms with Crippen molar-refractivity contribution in [2.45, 2.75) is 12.8 Å². The first kappa shape index (κ1) is 19.5. The molecule has 6 heteroatoms. The number of hydrogen-bond donors (Lipinski definition) is 1. The highest BCUT2D eigenvalue weighted by Crippen LogP contribution is 2.37. The highest BCUT2D eigenvalue weighted by atomic mass is 35.5. The van der Waals surface area contributed by atoms with E-state index in [-0.39, 0.29) is 11.7 Å². The second kappa shape index (κ2) is 7.99. The number of halogens is 1. The predicted molar refractivity (Wildman–Crippen MR) is 126 cm³/mol. The van der Waals surface area contributed by atoms with E-state index in [1.165, 1.54) is 0 Å². The number of anilines is 2. The number of fused-ring (bicyclic) bond motifs is 3. The molecule has 0 spiro atoms. The van der Waals surface area contributed by atoms with Crippen molar-refractivity contribution in [1.82, 2.24) is 9.88 Å². The van der Waals surface area contributed by atoms with Crippen LogP contribution in [0.1, 0.15) is 23.2 Å². The van der Waals surface area contributed by atoms with Crippen LogP contribution in [0, 0.1) is 5.92 Å². The molecule has 1 aliphatic heterocycles. The van der Waals surface area contributed by atoms with E-state index in [4.69, 9.17) is 16.6 Å². The summed E-state index contributed by atoms with van der Waals surface area (Å²) in [7, 11) is 2.08. The molecule has 1 unspecified atom stereocenters. The third-order valence-corrected chi connectivity index (χ3v) is 7.07. The minimum absolute atomic E-state index is 0.0225. The number of Topliss-reactive ketones (excluding diaryl/α,β-unsaturated/α-hetero) is 1. The zero-order valence-corrected chi connectivity index (χ0v) is 18.3. The largest absolute Gasteiger partial charge is 0.338 e. The fourth-order valence-electron chi connectivity index (χ4n) is 4.32. The molecule has 2 aromatic carbocycles. The smallest absolute Gasteiger partial charge is 0.169 e. The standard InChI is InChI=1S/C24H22ClN3OS/c1-28-12-5-6-15(14-28)22(29)18-8-4-7-16-17-11-13-30-23(17)24(27-21(16)18)26-20-10-3-2-9-19(20)25/h2-4,7-11,13,15H,5-6,12,14H2,1H3,(H,26,27). The number of ketones is 1. The maximum Gasteiger partial charge on any atom is 0.169 e. The van der Waals surface area contributed by atoms with E-state index in [0.29, 0.717) is 10.6 Å². The van der Waals surface area contributed by atoms with Crippen molar-refractivity contribution in [3.63, 3.8) is 0 Å². The third kappa shape index (κ3) is 3.47. The van der Waals surface area contributed by atoms with Gasteiger partial charge in [-0.25, -0.2) is 4.98 Å². The fraction of sp³-hybridized carbons (Fsp3) is 0.250. The van der Waals surface area contributed by atoms with Crippen molar-refractivity contribution in [2.24, 2.45) is 5.92 Å². The minimum Gasteiger partial charge on any atom is -0.338 e. The van der Waals surface area contributed by atoms with Gasteiger partial charge in [-0.2, -0.15) is 0 Å². The summed E-state index contributed by atoms with van der Waals surface area (Å²) in [6.45, 7) is 1.86. The number of thiophene rings is 1. The lowest BCUT2D eigenvalue weighted by molar-refractivity contribution is 0.0845. The van der Waals surface area contributed by atoms with E-state index < -0.39 is 0 Å². The molecule has 0 bridgehead atoms. The summed E-state index contributed by atoms with van der Waals surface area (Å²) in [6.07, 6.45) is 1.99. The third-order valence-electron chi connectivity index (χ3n) is 5.82. The molecule has 0 aliphatic carbocycles. The molecular weight excluding hydrogens is 414 g/mol. The molecule has 30 heavy (non-hydrogen) atoms. The molecule has 0 radical (unpaired) electrons. The number of nitrogens with one attached hydrogen (secondary N) is 1. The first-order chi connectivity index (χ1) is 14.6. The number of hydrogen-bond acceptors (Lipinski definition) is 5. The van der Waals surface area contributed by atoms with Crippen LogP contribution in [0.5, 0.6) is 0 Å². The van der Waals surface area contributed by atoms with Gasteiger partial charge < -0.3 is 10.2 Å². The Kier molecular flexibility index (Phi) is 5.19. The Morgan fingerprint density at radius 1 is 1.17 bits per heavy atom. The monoisotopic (exact) mass is 435 g/mol. The van der Waals surface area contributed by atoms with Gasteiger partial charge in [0.2, 0.25) is 0 Å².